The van der Waals surface area contributed by atoms with Crippen LogP contribution in [0, 0.1) is 0 Å². The van der Waals surface area contributed by atoms with Crippen LogP contribution in [0.1, 0.15) is 46.0 Å². The summed E-state index contributed by atoms with van der Waals surface area (Å²) < 4.78 is 42.1. The quantitative estimate of drug-likeness (QED) is 0.194. The van der Waals surface area contributed by atoms with Crippen molar-refractivity contribution in [2.75, 3.05) is 13.2 Å². The Bertz CT molecular complexity index is 408. The molecule has 118 valence electrons. The molecule has 0 rings (SSSR count). The first-order valence-electron chi connectivity index (χ1n) is 6.59. The van der Waals surface area contributed by atoms with Crippen molar-refractivity contribution in [3.05, 3.63) is 0 Å². The standard InChI is InChI=1S/C12H22O7S.K/c1-3-5-6-7-8-19-11(13)9-10(20(15,16)17)12(14)18-4-2;/h10H,3-9H2,1-2H3,(H,15,16,17);/q;+1/p-1. The largest absolute Gasteiger partial charge is 1.00 e. The maximum atomic E-state index is 11.4. The van der Waals surface area contributed by atoms with Gasteiger partial charge in [-0.1, -0.05) is 26.2 Å². The first kappa shape index (κ1) is 23.7. The number of carbonyl (C=O) groups is 2. The molecule has 1 unspecified atom stereocenters. The van der Waals surface area contributed by atoms with Crippen LogP contribution in [0.25, 0.3) is 0 Å². The maximum Gasteiger partial charge on any atom is 1.00 e. The summed E-state index contributed by atoms with van der Waals surface area (Å²) in [5, 5.41) is -2.04. The van der Waals surface area contributed by atoms with E-state index in [-0.39, 0.29) is 64.6 Å². The molecule has 0 aromatic heterocycles. The molecule has 9 heteroatoms. The SMILES string of the molecule is CCCCCCOC(=O)CC(C(=O)OCC)S(=O)(=O)[O-].[K+]. The minimum absolute atomic E-state index is 0. The van der Waals surface area contributed by atoms with Crippen LogP contribution in [0.15, 0.2) is 0 Å². The van der Waals surface area contributed by atoms with E-state index in [0.29, 0.717) is 6.42 Å². The van der Waals surface area contributed by atoms with Gasteiger partial charge in [-0.2, -0.15) is 0 Å². The Morgan fingerprint density at radius 1 is 1.10 bits per heavy atom. The molecule has 0 aliphatic heterocycles. The molecular formula is C12H21KO7S. The smallest absolute Gasteiger partial charge is 0.747 e. The number of hydrogen-bond acceptors (Lipinski definition) is 7. The van der Waals surface area contributed by atoms with Crippen LogP contribution in [-0.2, 0) is 29.2 Å². The van der Waals surface area contributed by atoms with Gasteiger partial charge in [-0.05, 0) is 13.3 Å². The van der Waals surface area contributed by atoms with Crippen molar-refractivity contribution in [3.63, 3.8) is 0 Å². The van der Waals surface area contributed by atoms with Gasteiger partial charge >= 0.3 is 63.3 Å². The van der Waals surface area contributed by atoms with Crippen molar-refractivity contribution in [1.29, 1.82) is 0 Å². The summed E-state index contributed by atoms with van der Waals surface area (Å²) in [6, 6.07) is 0. The molecule has 21 heavy (non-hydrogen) atoms. The van der Waals surface area contributed by atoms with Crippen LogP contribution in [0.5, 0.6) is 0 Å². The first-order chi connectivity index (χ1) is 9.32. The summed E-state index contributed by atoms with van der Waals surface area (Å²) in [4.78, 5) is 22.7. The average Bonchev–Trinajstić information content (AvgIpc) is 2.34. The normalized spacial score (nSPS) is 12.1. The van der Waals surface area contributed by atoms with Gasteiger partial charge in [0.2, 0.25) is 0 Å². The maximum absolute atomic E-state index is 11.4. The van der Waals surface area contributed by atoms with Crippen molar-refractivity contribution < 1.29 is 83.4 Å². The third-order valence-corrected chi connectivity index (χ3v) is 3.57. The molecule has 0 N–H and O–H groups in total. The Labute approximate surface area is 168 Å². The fourth-order valence-corrected chi connectivity index (χ4v) is 2.11. The molecular weight excluding hydrogens is 327 g/mol. The molecule has 0 amide bonds. The predicted octanol–water partition coefficient (Wildman–Crippen LogP) is -2.02. The number of esters is 2. The third kappa shape index (κ3) is 11.7. The van der Waals surface area contributed by atoms with Crippen molar-refractivity contribution in [2.45, 2.75) is 51.2 Å². The van der Waals surface area contributed by atoms with Crippen molar-refractivity contribution >= 4 is 22.1 Å². The van der Waals surface area contributed by atoms with Crippen molar-refractivity contribution in [2.24, 2.45) is 0 Å². The third-order valence-electron chi connectivity index (χ3n) is 2.51. The molecule has 0 aromatic carbocycles. The monoisotopic (exact) mass is 348 g/mol. The zero-order chi connectivity index (χ0) is 15.6. The fourth-order valence-electron chi connectivity index (χ4n) is 1.46. The van der Waals surface area contributed by atoms with Gasteiger partial charge in [0.15, 0.2) is 5.25 Å². The Balaban J connectivity index is 0. The summed E-state index contributed by atoms with van der Waals surface area (Å²) in [6.07, 6.45) is 2.79. The van der Waals surface area contributed by atoms with Crippen LogP contribution in [0.4, 0.5) is 0 Å². The van der Waals surface area contributed by atoms with Gasteiger partial charge in [-0.3, -0.25) is 9.59 Å². The zero-order valence-electron chi connectivity index (χ0n) is 12.8. The number of ether oxygens (including phenoxy) is 2. The van der Waals surface area contributed by atoms with E-state index in [0.717, 1.165) is 19.3 Å². The van der Waals surface area contributed by atoms with Crippen LogP contribution in [0.3, 0.4) is 0 Å². The van der Waals surface area contributed by atoms with Gasteiger partial charge < -0.3 is 14.0 Å². The topological polar surface area (TPSA) is 110 Å². The first-order valence-corrected chi connectivity index (χ1v) is 8.07. The zero-order valence-corrected chi connectivity index (χ0v) is 16.7. The predicted molar refractivity (Wildman–Crippen MR) is 69.8 cm³/mol. The second kappa shape index (κ2) is 13.0. The van der Waals surface area contributed by atoms with E-state index in [1.807, 2.05) is 6.92 Å². The fraction of sp³-hybridized carbons (Fsp3) is 0.833. The molecule has 0 saturated carbocycles. The Kier molecular flexibility index (Phi) is 14.7. The number of carbonyl (C=O) groups excluding carboxylic acids is 2. The van der Waals surface area contributed by atoms with E-state index in [9.17, 15) is 22.6 Å². The summed E-state index contributed by atoms with van der Waals surface area (Å²) in [5.41, 5.74) is 0. The van der Waals surface area contributed by atoms with E-state index >= 15 is 0 Å². The molecule has 7 nitrogen and oxygen atoms in total. The molecule has 0 fully saturated rings. The summed E-state index contributed by atoms with van der Waals surface area (Å²) >= 11 is 0. The van der Waals surface area contributed by atoms with Gasteiger partial charge in [0.25, 0.3) is 0 Å². The molecule has 1 atom stereocenters. The second-order valence-corrected chi connectivity index (χ2v) is 5.77. The Morgan fingerprint density at radius 3 is 2.19 bits per heavy atom. The number of rotatable bonds is 10. The van der Waals surface area contributed by atoms with Gasteiger partial charge in [0.1, 0.15) is 10.1 Å². The number of hydrogen-bond donors (Lipinski definition) is 0. The molecule has 0 aromatic rings. The van der Waals surface area contributed by atoms with Crippen LogP contribution >= 0.6 is 0 Å². The van der Waals surface area contributed by atoms with Gasteiger partial charge in [-0.25, -0.2) is 8.42 Å². The van der Waals surface area contributed by atoms with E-state index in [2.05, 4.69) is 4.74 Å². The molecule has 0 saturated heterocycles. The molecule has 0 aliphatic carbocycles. The molecule has 0 spiro atoms. The van der Waals surface area contributed by atoms with Gasteiger partial charge in [0.05, 0.1) is 19.6 Å². The van der Waals surface area contributed by atoms with Gasteiger partial charge in [-0.15, -0.1) is 0 Å². The molecule has 0 aliphatic rings. The molecule has 0 bridgehead atoms. The second-order valence-electron chi connectivity index (χ2n) is 4.22. The minimum Gasteiger partial charge on any atom is -0.747 e. The minimum atomic E-state index is -4.95. The van der Waals surface area contributed by atoms with Crippen LogP contribution < -0.4 is 51.4 Å². The Morgan fingerprint density at radius 2 is 1.71 bits per heavy atom. The van der Waals surface area contributed by atoms with E-state index in [4.69, 9.17) is 4.74 Å². The summed E-state index contributed by atoms with van der Waals surface area (Å²) in [7, 11) is -4.95. The van der Waals surface area contributed by atoms with Crippen molar-refractivity contribution in [3.8, 4) is 0 Å². The Hall–Kier alpha value is 0.486. The molecule has 0 heterocycles. The van der Waals surface area contributed by atoms with Crippen LogP contribution in [-0.4, -0.2) is 43.4 Å². The van der Waals surface area contributed by atoms with E-state index in [1.165, 1.54) is 6.92 Å². The average molecular weight is 348 g/mol. The van der Waals surface area contributed by atoms with Crippen molar-refractivity contribution in [1.82, 2.24) is 0 Å². The summed E-state index contributed by atoms with van der Waals surface area (Å²) in [6.45, 7) is 3.58. The van der Waals surface area contributed by atoms with Crippen LogP contribution in [0.2, 0.25) is 0 Å². The van der Waals surface area contributed by atoms with E-state index < -0.39 is 33.7 Å². The summed E-state index contributed by atoms with van der Waals surface area (Å²) in [5.74, 6) is -2.11. The molecule has 0 radical (unpaired) electrons. The van der Waals surface area contributed by atoms with E-state index in [1.54, 1.807) is 0 Å². The van der Waals surface area contributed by atoms with Gasteiger partial charge in [0, 0.05) is 0 Å². The number of unbranched alkanes of at least 4 members (excludes halogenated alkanes) is 3.